The lowest BCUT2D eigenvalue weighted by Gasteiger charge is -2.18. The molecule has 0 aliphatic heterocycles. The normalized spacial score (nSPS) is 13.4. The molecule has 1 heterocycles. The first-order chi connectivity index (χ1) is 14.0. The third-order valence-electron chi connectivity index (χ3n) is 5.06. The quantitative estimate of drug-likeness (QED) is 0.609. The van der Waals surface area contributed by atoms with Gasteiger partial charge in [-0.3, -0.25) is 4.68 Å². The Hall–Kier alpha value is -3.13. The number of carboxylic acids is 1. The Bertz CT molecular complexity index is 1030. The van der Waals surface area contributed by atoms with Crippen molar-refractivity contribution in [3.8, 4) is 11.1 Å². The second-order valence-electron chi connectivity index (χ2n) is 6.74. The number of nitrogens with one attached hydrogen (secondary N) is 1. The maximum Gasteiger partial charge on any atom is 0.408 e. The highest BCUT2D eigenvalue weighted by Crippen LogP contribution is 2.44. The first-order valence-electron chi connectivity index (χ1n) is 8.99. The standard InChI is InChI=1S/C21H18BrN3O4/c1-25-19(17(22)10-23-25)18(20(26)27)24-21(28)29-11-16-14-8-4-2-6-12(14)13-7-3-5-9-15(13)16/h2-10,16,18H,11H2,1H3,(H,24,28)(H,26,27). The summed E-state index contributed by atoms with van der Waals surface area (Å²) in [6.07, 6.45) is 0.678. The number of benzene rings is 2. The zero-order valence-corrected chi connectivity index (χ0v) is 17.1. The maximum atomic E-state index is 12.4. The van der Waals surface area contributed by atoms with Crippen LogP contribution in [0.15, 0.2) is 59.2 Å². The molecule has 2 aromatic carbocycles. The SMILES string of the molecule is Cn1ncc(Br)c1C(NC(=O)OCC1c2ccccc2-c2ccccc21)C(=O)O. The van der Waals surface area contributed by atoms with Crippen LogP contribution in [-0.4, -0.2) is 33.6 Å². The van der Waals surface area contributed by atoms with Crippen molar-refractivity contribution in [3.05, 3.63) is 76.0 Å². The number of fused-ring (bicyclic) bond motifs is 3. The number of hydrogen-bond donors (Lipinski definition) is 2. The molecule has 0 saturated heterocycles. The molecule has 0 bridgehead atoms. The number of rotatable bonds is 5. The van der Waals surface area contributed by atoms with Crippen LogP contribution in [0.1, 0.15) is 28.8 Å². The number of nitrogens with zero attached hydrogens (tertiary/aromatic N) is 2. The smallest absolute Gasteiger partial charge is 0.408 e. The van der Waals surface area contributed by atoms with Crippen molar-refractivity contribution >= 4 is 28.0 Å². The van der Waals surface area contributed by atoms with Gasteiger partial charge in [-0.05, 0) is 38.2 Å². The van der Waals surface area contributed by atoms with E-state index in [1.54, 1.807) is 7.05 Å². The van der Waals surface area contributed by atoms with Crippen LogP contribution < -0.4 is 5.32 Å². The first-order valence-corrected chi connectivity index (χ1v) is 9.78. The number of aromatic nitrogens is 2. The lowest BCUT2D eigenvalue weighted by atomic mass is 9.98. The molecule has 0 spiro atoms. The molecule has 2 N–H and O–H groups in total. The molecule has 1 unspecified atom stereocenters. The topological polar surface area (TPSA) is 93.5 Å². The summed E-state index contributed by atoms with van der Waals surface area (Å²) < 4.78 is 7.33. The van der Waals surface area contributed by atoms with E-state index in [0.717, 1.165) is 22.3 Å². The summed E-state index contributed by atoms with van der Waals surface area (Å²) in [5.74, 6) is -1.30. The second-order valence-corrected chi connectivity index (χ2v) is 7.60. The van der Waals surface area contributed by atoms with Crippen molar-refractivity contribution in [2.75, 3.05) is 6.61 Å². The molecule has 0 fully saturated rings. The van der Waals surface area contributed by atoms with Crippen molar-refractivity contribution in [1.29, 1.82) is 0 Å². The fourth-order valence-electron chi connectivity index (χ4n) is 3.75. The third-order valence-corrected chi connectivity index (χ3v) is 5.67. The van der Waals surface area contributed by atoms with E-state index in [1.165, 1.54) is 10.9 Å². The molecular weight excluding hydrogens is 438 g/mol. The van der Waals surface area contributed by atoms with Crippen LogP contribution in [-0.2, 0) is 16.6 Å². The zero-order valence-electron chi connectivity index (χ0n) is 15.5. The fraction of sp³-hybridized carbons (Fsp3) is 0.190. The van der Waals surface area contributed by atoms with Crippen LogP contribution in [0.4, 0.5) is 4.79 Å². The van der Waals surface area contributed by atoms with E-state index in [0.29, 0.717) is 10.2 Å². The van der Waals surface area contributed by atoms with Gasteiger partial charge in [0.25, 0.3) is 0 Å². The number of halogens is 1. The van der Waals surface area contributed by atoms with Crippen LogP contribution in [0.25, 0.3) is 11.1 Å². The zero-order chi connectivity index (χ0) is 20.5. The summed E-state index contributed by atoms with van der Waals surface area (Å²) >= 11 is 3.27. The fourth-order valence-corrected chi connectivity index (χ4v) is 4.33. The molecule has 8 heteroatoms. The van der Waals surface area contributed by atoms with E-state index < -0.39 is 18.1 Å². The summed E-state index contributed by atoms with van der Waals surface area (Å²) in [7, 11) is 1.61. The summed E-state index contributed by atoms with van der Waals surface area (Å²) in [5.41, 5.74) is 4.75. The lowest BCUT2D eigenvalue weighted by Crippen LogP contribution is -2.36. The maximum absolute atomic E-state index is 12.4. The third kappa shape index (κ3) is 3.51. The van der Waals surface area contributed by atoms with Gasteiger partial charge in [0.05, 0.1) is 16.4 Å². The van der Waals surface area contributed by atoms with Gasteiger partial charge in [0.2, 0.25) is 0 Å². The van der Waals surface area contributed by atoms with Crippen LogP contribution >= 0.6 is 15.9 Å². The number of aliphatic carboxylic acids is 1. The van der Waals surface area contributed by atoms with Crippen LogP contribution in [0.3, 0.4) is 0 Å². The van der Waals surface area contributed by atoms with Gasteiger partial charge in [0, 0.05) is 13.0 Å². The lowest BCUT2D eigenvalue weighted by molar-refractivity contribution is -0.139. The van der Waals surface area contributed by atoms with Gasteiger partial charge in [0.15, 0.2) is 6.04 Å². The predicted octanol–water partition coefficient (Wildman–Crippen LogP) is 3.85. The van der Waals surface area contributed by atoms with E-state index in [9.17, 15) is 14.7 Å². The molecule has 7 nitrogen and oxygen atoms in total. The molecule has 1 amide bonds. The van der Waals surface area contributed by atoms with Crippen molar-refractivity contribution in [1.82, 2.24) is 15.1 Å². The molecule has 1 atom stereocenters. The van der Waals surface area contributed by atoms with Crippen molar-refractivity contribution < 1.29 is 19.4 Å². The van der Waals surface area contributed by atoms with E-state index in [-0.39, 0.29) is 12.5 Å². The van der Waals surface area contributed by atoms with Gasteiger partial charge in [-0.25, -0.2) is 9.59 Å². The van der Waals surface area contributed by atoms with Gasteiger partial charge >= 0.3 is 12.1 Å². The van der Waals surface area contributed by atoms with Crippen molar-refractivity contribution in [2.45, 2.75) is 12.0 Å². The molecular formula is C21H18BrN3O4. The number of amides is 1. The van der Waals surface area contributed by atoms with Crippen molar-refractivity contribution in [3.63, 3.8) is 0 Å². The second kappa shape index (κ2) is 7.71. The summed E-state index contributed by atoms with van der Waals surface area (Å²) in [5, 5.41) is 16.0. The van der Waals surface area contributed by atoms with E-state index in [1.807, 2.05) is 36.4 Å². The van der Waals surface area contributed by atoms with Crippen LogP contribution in [0.2, 0.25) is 0 Å². The minimum Gasteiger partial charge on any atom is -0.479 e. The van der Waals surface area contributed by atoms with E-state index >= 15 is 0 Å². The number of carbonyl (C=O) groups excluding carboxylic acids is 1. The molecule has 1 aliphatic carbocycles. The molecule has 4 rings (SSSR count). The summed E-state index contributed by atoms with van der Waals surface area (Å²) in [4.78, 5) is 24.1. The highest BCUT2D eigenvalue weighted by molar-refractivity contribution is 9.10. The molecule has 1 aliphatic rings. The number of hydrogen-bond acceptors (Lipinski definition) is 4. The Morgan fingerprint density at radius 1 is 1.17 bits per heavy atom. The van der Waals surface area contributed by atoms with Crippen LogP contribution in [0.5, 0.6) is 0 Å². The Kier molecular flexibility index (Phi) is 5.10. The molecule has 29 heavy (non-hydrogen) atoms. The average Bonchev–Trinajstić information content (AvgIpc) is 3.21. The van der Waals surface area contributed by atoms with Gasteiger partial charge in [0.1, 0.15) is 6.61 Å². The van der Waals surface area contributed by atoms with E-state index in [4.69, 9.17) is 4.74 Å². The minimum atomic E-state index is -1.28. The number of carbonyl (C=O) groups is 2. The van der Waals surface area contributed by atoms with Gasteiger partial charge in [-0.15, -0.1) is 0 Å². The molecule has 0 saturated carbocycles. The van der Waals surface area contributed by atoms with E-state index in [2.05, 4.69) is 38.5 Å². The highest BCUT2D eigenvalue weighted by atomic mass is 79.9. The molecule has 3 aromatic rings. The molecule has 1 aromatic heterocycles. The minimum absolute atomic E-state index is 0.0973. The molecule has 148 valence electrons. The first kappa shape index (κ1) is 19.2. The Morgan fingerprint density at radius 2 is 1.76 bits per heavy atom. The van der Waals surface area contributed by atoms with Gasteiger partial charge in [-0.2, -0.15) is 5.10 Å². The Morgan fingerprint density at radius 3 is 2.28 bits per heavy atom. The number of ether oxygens (including phenoxy) is 1. The predicted molar refractivity (Wildman–Crippen MR) is 109 cm³/mol. The van der Waals surface area contributed by atoms with Crippen molar-refractivity contribution in [2.24, 2.45) is 7.05 Å². The monoisotopic (exact) mass is 455 g/mol. The summed E-state index contributed by atoms with van der Waals surface area (Å²) in [6.45, 7) is 0.110. The highest BCUT2D eigenvalue weighted by Gasteiger charge is 2.31. The number of aryl methyl sites for hydroxylation is 1. The largest absolute Gasteiger partial charge is 0.479 e. The molecule has 0 radical (unpaired) electrons. The average molecular weight is 456 g/mol. The Labute approximate surface area is 175 Å². The number of alkyl carbamates (subject to hydrolysis) is 1. The van der Waals surface area contributed by atoms with Gasteiger partial charge < -0.3 is 15.2 Å². The number of carboxylic acid groups (broad SMARTS) is 1. The van der Waals surface area contributed by atoms with Gasteiger partial charge in [-0.1, -0.05) is 48.5 Å². The van der Waals surface area contributed by atoms with Crippen LogP contribution in [0, 0.1) is 0 Å². The summed E-state index contributed by atoms with van der Waals surface area (Å²) in [6, 6.07) is 14.7. The Balaban J connectivity index is 1.51.